The van der Waals surface area contributed by atoms with Gasteiger partial charge in [0.2, 0.25) is 0 Å². The number of anilines is 2. The van der Waals surface area contributed by atoms with E-state index in [0.29, 0.717) is 17.9 Å². The minimum Gasteiger partial charge on any atom is -0.432 e. The highest BCUT2D eigenvalue weighted by Crippen LogP contribution is 2.24. The second kappa shape index (κ2) is 5.83. The Hall–Kier alpha value is -1.89. The summed E-state index contributed by atoms with van der Waals surface area (Å²) in [7, 11) is 0. The van der Waals surface area contributed by atoms with E-state index in [9.17, 15) is 13.2 Å². The van der Waals surface area contributed by atoms with Crippen molar-refractivity contribution in [3.05, 3.63) is 40.3 Å². The van der Waals surface area contributed by atoms with Gasteiger partial charge < -0.3 is 15.8 Å². The average molecular weight is 288 g/mol. The van der Waals surface area contributed by atoms with Crippen LogP contribution in [0.1, 0.15) is 4.88 Å². The van der Waals surface area contributed by atoms with Crippen LogP contribution in [0.5, 0.6) is 5.75 Å². The van der Waals surface area contributed by atoms with E-state index in [4.69, 9.17) is 5.73 Å². The summed E-state index contributed by atoms with van der Waals surface area (Å²) in [5.41, 5.74) is 6.83. The molecule has 1 aromatic carbocycles. The fraction of sp³-hybridized carbons (Fsp3) is 0.167. The van der Waals surface area contributed by atoms with Crippen LogP contribution in [0.3, 0.4) is 0 Å². The molecule has 0 spiro atoms. The molecule has 0 aliphatic heterocycles. The minimum absolute atomic E-state index is 0.442. The summed E-state index contributed by atoms with van der Waals surface area (Å²) in [4.78, 5) is 0.924. The molecule has 3 nitrogen and oxygen atoms in total. The van der Waals surface area contributed by atoms with Crippen LogP contribution in [0.15, 0.2) is 29.6 Å². The lowest BCUT2D eigenvalue weighted by Crippen LogP contribution is -2.05. The van der Waals surface area contributed by atoms with Crippen molar-refractivity contribution in [2.45, 2.75) is 13.2 Å². The predicted molar refractivity (Wildman–Crippen MR) is 69.1 cm³/mol. The maximum atomic E-state index is 13.4. The van der Waals surface area contributed by atoms with Crippen molar-refractivity contribution >= 4 is 22.7 Å². The summed E-state index contributed by atoms with van der Waals surface area (Å²) >= 11 is 1.48. The maximum absolute atomic E-state index is 13.4. The third kappa shape index (κ3) is 3.54. The molecule has 3 N–H and O–H groups in total. The van der Waals surface area contributed by atoms with Gasteiger partial charge in [-0.1, -0.05) is 0 Å². The summed E-state index contributed by atoms with van der Waals surface area (Å²) in [6, 6.07) is 5.50. The van der Waals surface area contributed by atoms with Crippen LogP contribution in [0.4, 0.5) is 24.5 Å². The van der Waals surface area contributed by atoms with Gasteiger partial charge in [-0.25, -0.2) is 4.39 Å². The van der Waals surface area contributed by atoms with Crippen LogP contribution in [0.2, 0.25) is 0 Å². The molecule has 0 bridgehead atoms. The Bertz CT molecular complexity index is 560. The first-order chi connectivity index (χ1) is 9.06. The molecule has 0 radical (unpaired) electrons. The molecule has 102 valence electrons. The third-order valence-corrected chi connectivity index (χ3v) is 3.32. The quantitative estimate of drug-likeness (QED) is 0.882. The molecule has 0 atom stereocenters. The van der Waals surface area contributed by atoms with Crippen molar-refractivity contribution in [2.24, 2.45) is 0 Å². The number of nitrogens with two attached hydrogens (primary N) is 1. The monoisotopic (exact) mass is 288 g/mol. The predicted octanol–water partition coefficient (Wildman–Crippen LogP) is 3.68. The van der Waals surface area contributed by atoms with Gasteiger partial charge in [-0.15, -0.1) is 11.3 Å². The van der Waals surface area contributed by atoms with Gasteiger partial charge in [0.15, 0.2) is 11.6 Å². The number of thiophene rings is 1. The van der Waals surface area contributed by atoms with Crippen LogP contribution in [0.25, 0.3) is 0 Å². The molecule has 0 aliphatic carbocycles. The Labute approximate surface area is 111 Å². The lowest BCUT2D eigenvalue weighted by atomic mass is 10.3. The fourth-order valence-corrected chi connectivity index (χ4v) is 2.22. The first-order valence-corrected chi connectivity index (χ1v) is 6.24. The van der Waals surface area contributed by atoms with Crippen LogP contribution in [-0.2, 0) is 6.54 Å². The topological polar surface area (TPSA) is 47.3 Å². The van der Waals surface area contributed by atoms with E-state index in [1.54, 1.807) is 6.07 Å². The Morgan fingerprint density at radius 3 is 2.68 bits per heavy atom. The first kappa shape index (κ1) is 13.5. The number of alkyl halides is 2. The smallest absolute Gasteiger partial charge is 0.387 e. The first-order valence-electron chi connectivity index (χ1n) is 5.36. The van der Waals surface area contributed by atoms with Crippen LogP contribution >= 0.6 is 11.3 Å². The van der Waals surface area contributed by atoms with Crippen molar-refractivity contribution in [1.82, 2.24) is 0 Å². The average Bonchev–Trinajstić information content (AvgIpc) is 2.75. The molecule has 0 saturated carbocycles. The molecule has 0 amide bonds. The van der Waals surface area contributed by atoms with Crippen LogP contribution in [0, 0.1) is 5.82 Å². The van der Waals surface area contributed by atoms with E-state index in [0.717, 1.165) is 17.0 Å². The number of ether oxygens (including phenoxy) is 1. The molecule has 0 saturated heterocycles. The summed E-state index contributed by atoms with van der Waals surface area (Å²) in [5, 5.41) is 4.81. The molecule has 0 fully saturated rings. The lowest BCUT2D eigenvalue weighted by Gasteiger charge is -2.09. The lowest BCUT2D eigenvalue weighted by molar-refractivity contribution is -0.0521. The number of hydrogen-bond acceptors (Lipinski definition) is 4. The van der Waals surface area contributed by atoms with Crippen molar-refractivity contribution in [1.29, 1.82) is 0 Å². The number of rotatable bonds is 5. The fourth-order valence-electron chi connectivity index (χ4n) is 1.48. The van der Waals surface area contributed by atoms with E-state index in [1.165, 1.54) is 17.4 Å². The molecule has 1 heterocycles. The van der Waals surface area contributed by atoms with Crippen molar-refractivity contribution in [3.63, 3.8) is 0 Å². The largest absolute Gasteiger partial charge is 0.432 e. The zero-order valence-electron chi connectivity index (χ0n) is 9.70. The molecular weight excluding hydrogens is 277 g/mol. The van der Waals surface area contributed by atoms with E-state index in [-0.39, 0.29) is 0 Å². The normalized spacial score (nSPS) is 10.7. The maximum Gasteiger partial charge on any atom is 0.387 e. The number of halogens is 3. The van der Waals surface area contributed by atoms with Gasteiger partial charge in [0.1, 0.15) is 0 Å². The zero-order valence-corrected chi connectivity index (χ0v) is 10.5. The molecular formula is C12H11F3N2OS. The van der Waals surface area contributed by atoms with Gasteiger partial charge in [0.25, 0.3) is 0 Å². The number of nitrogen functional groups attached to an aromatic ring is 1. The highest BCUT2D eigenvalue weighted by Gasteiger charge is 2.10. The number of hydrogen-bond donors (Lipinski definition) is 2. The Morgan fingerprint density at radius 1 is 1.32 bits per heavy atom. The highest BCUT2D eigenvalue weighted by molar-refractivity contribution is 7.10. The second-order valence-electron chi connectivity index (χ2n) is 3.68. The molecule has 2 rings (SSSR count). The molecule has 19 heavy (non-hydrogen) atoms. The van der Waals surface area contributed by atoms with E-state index in [1.807, 2.05) is 5.38 Å². The van der Waals surface area contributed by atoms with Crippen molar-refractivity contribution < 1.29 is 17.9 Å². The van der Waals surface area contributed by atoms with Gasteiger partial charge in [0, 0.05) is 22.3 Å². The Balaban J connectivity index is 2.02. The molecule has 0 aliphatic rings. The molecule has 2 aromatic rings. The SMILES string of the molecule is Nc1ccsc1CNc1ccc(OC(F)F)c(F)c1. The Kier molecular flexibility index (Phi) is 4.16. The van der Waals surface area contributed by atoms with Gasteiger partial charge in [0.05, 0.1) is 6.54 Å². The van der Waals surface area contributed by atoms with Gasteiger partial charge in [-0.05, 0) is 23.6 Å². The van der Waals surface area contributed by atoms with Gasteiger partial charge in [-0.3, -0.25) is 0 Å². The molecule has 1 aromatic heterocycles. The zero-order chi connectivity index (χ0) is 13.8. The Morgan fingerprint density at radius 2 is 2.11 bits per heavy atom. The number of nitrogens with one attached hydrogen (secondary N) is 1. The van der Waals surface area contributed by atoms with E-state index in [2.05, 4.69) is 10.1 Å². The third-order valence-electron chi connectivity index (χ3n) is 2.38. The van der Waals surface area contributed by atoms with E-state index >= 15 is 0 Å². The van der Waals surface area contributed by atoms with Crippen molar-refractivity contribution in [2.75, 3.05) is 11.1 Å². The summed E-state index contributed by atoms with van der Waals surface area (Å²) in [6.07, 6.45) is 0. The molecule has 0 unspecified atom stereocenters. The summed E-state index contributed by atoms with van der Waals surface area (Å²) < 4.78 is 41.4. The van der Waals surface area contributed by atoms with Crippen LogP contribution in [-0.4, -0.2) is 6.61 Å². The highest BCUT2D eigenvalue weighted by atomic mass is 32.1. The molecule has 7 heteroatoms. The van der Waals surface area contributed by atoms with Crippen LogP contribution < -0.4 is 15.8 Å². The standard InChI is InChI=1S/C12H11F3N2OS/c13-8-5-7(1-2-10(8)18-12(14)15)17-6-11-9(16)3-4-19-11/h1-5,12,17H,6,16H2. The minimum atomic E-state index is -3.04. The van der Waals surface area contributed by atoms with Crippen molar-refractivity contribution in [3.8, 4) is 5.75 Å². The van der Waals surface area contributed by atoms with Gasteiger partial charge in [-0.2, -0.15) is 8.78 Å². The van der Waals surface area contributed by atoms with E-state index < -0.39 is 18.2 Å². The summed E-state index contributed by atoms with van der Waals surface area (Å²) in [6.45, 7) is -2.60. The van der Waals surface area contributed by atoms with Gasteiger partial charge >= 0.3 is 6.61 Å². The second-order valence-corrected chi connectivity index (χ2v) is 4.68. The number of benzene rings is 1. The summed E-state index contributed by atoms with van der Waals surface area (Å²) in [5.74, 6) is -1.32.